The molecule has 1 saturated heterocycles. The van der Waals surface area contributed by atoms with Gasteiger partial charge in [-0.15, -0.1) is 0 Å². The van der Waals surface area contributed by atoms with Crippen LogP contribution >= 0.6 is 23.2 Å². The maximum absolute atomic E-state index is 6.17. The topological polar surface area (TPSA) is 42.1 Å². The highest BCUT2D eigenvalue weighted by Crippen LogP contribution is 2.24. The minimum atomic E-state index is 0.502. The first-order chi connectivity index (χ1) is 8.70. The van der Waals surface area contributed by atoms with E-state index in [-0.39, 0.29) is 0 Å². The third kappa shape index (κ3) is 3.58. The molecule has 1 aliphatic heterocycles. The summed E-state index contributed by atoms with van der Waals surface area (Å²) < 4.78 is 0. The van der Waals surface area contributed by atoms with E-state index >= 15 is 0 Å². The molecule has 1 atom stereocenters. The second-order valence-corrected chi connectivity index (χ2v) is 5.55. The Hall–Kier alpha value is -0.350. The molecule has 2 N–H and O–H groups in total. The van der Waals surface area contributed by atoms with Gasteiger partial charge in [0, 0.05) is 12.6 Å². The molecule has 18 heavy (non-hydrogen) atoms. The summed E-state index contributed by atoms with van der Waals surface area (Å²) in [5, 5.41) is 1.19. The van der Waals surface area contributed by atoms with E-state index in [1.165, 1.54) is 19.3 Å². The van der Waals surface area contributed by atoms with Gasteiger partial charge in [-0.3, -0.25) is 4.90 Å². The number of hydrogen-bond donors (Lipinski definition) is 1. The molecule has 1 fully saturated rings. The lowest BCUT2D eigenvalue weighted by molar-refractivity contribution is 0.132. The van der Waals surface area contributed by atoms with E-state index in [4.69, 9.17) is 28.9 Å². The van der Waals surface area contributed by atoms with Crippen LogP contribution in [0.3, 0.4) is 0 Å². The highest BCUT2D eigenvalue weighted by molar-refractivity contribution is 6.32. The van der Waals surface area contributed by atoms with Crippen LogP contribution in [0.15, 0.2) is 12.1 Å². The first-order valence-electron chi connectivity index (χ1n) is 6.45. The predicted molar refractivity (Wildman–Crippen MR) is 76.0 cm³/mol. The van der Waals surface area contributed by atoms with Crippen LogP contribution in [0, 0.1) is 0 Å². The zero-order chi connectivity index (χ0) is 13.0. The Labute approximate surface area is 118 Å². The Bertz CT molecular complexity index is 396. The number of nitrogens with zero attached hydrogens (tertiary/aromatic N) is 2. The van der Waals surface area contributed by atoms with Crippen molar-refractivity contribution in [2.45, 2.75) is 38.3 Å². The summed E-state index contributed by atoms with van der Waals surface area (Å²) in [7, 11) is 0. The van der Waals surface area contributed by atoms with E-state index in [0.717, 1.165) is 31.7 Å². The smallest absolute Gasteiger partial charge is 0.129 e. The normalized spacial score (nSPS) is 21.2. The van der Waals surface area contributed by atoms with E-state index in [1.807, 2.05) is 6.07 Å². The second-order valence-electron chi connectivity index (χ2n) is 4.76. The van der Waals surface area contributed by atoms with Gasteiger partial charge in [0.05, 0.1) is 10.7 Å². The Morgan fingerprint density at radius 1 is 1.33 bits per heavy atom. The van der Waals surface area contributed by atoms with Gasteiger partial charge in [0.15, 0.2) is 0 Å². The molecule has 1 aromatic heterocycles. The molecule has 100 valence electrons. The third-order valence-electron chi connectivity index (χ3n) is 3.49. The number of piperidine rings is 1. The van der Waals surface area contributed by atoms with Crippen molar-refractivity contribution in [1.82, 2.24) is 9.88 Å². The number of likely N-dealkylation sites (tertiary alicyclic amines) is 1. The number of pyridine rings is 1. The van der Waals surface area contributed by atoms with Crippen LogP contribution in [0.5, 0.6) is 0 Å². The molecule has 0 amide bonds. The van der Waals surface area contributed by atoms with Crippen molar-refractivity contribution in [3.05, 3.63) is 28.0 Å². The van der Waals surface area contributed by atoms with E-state index < -0.39 is 0 Å². The van der Waals surface area contributed by atoms with Gasteiger partial charge in [-0.1, -0.05) is 29.6 Å². The van der Waals surface area contributed by atoms with Crippen LogP contribution < -0.4 is 5.73 Å². The lowest BCUT2D eigenvalue weighted by Crippen LogP contribution is -2.40. The Morgan fingerprint density at radius 2 is 2.17 bits per heavy atom. The second kappa shape index (κ2) is 6.71. The zero-order valence-electron chi connectivity index (χ0n) is 10.4. The van der Waals surface area contributed by atoms with Gasteiger partial charge in [0.2, 0.25) is 0 Å². The summed E-state index contributed by atoms with van der Waals surface area (Å²) >= 11 is 12.1. The van der Waals surface area contributed by atoms with Gasteiger partial charge in [-0.2, -0.15) is 0 Å². The first-order valence-corrected chi connectivity index (χ1v) is 7.21. The van der Waals surface area contributed by atoms with Crippen LogP contribution in [0.4, 0.5) is 0 Å². The molecule has 2 heterocycles. The largest absolute Gasteiger partial charge is 0.330 e. The zero-order valence-corrected chi connectivity index (χ0v) is 11.9. The van der Waals surface area contributed by atoms with Gasteiger partial charge < -0.3 is 5.73 Å². The molecule has 3 nitrogen and oxygen atoms in total. The average Bonchev–Trinajstić information content (AvgIpc) is 2.36. The fraction of sp³-hybridized carbons (Fsp3) is 0.615. The number of halogens is 2. The third-order valence-corrected chi connectivity index (χ3v) is 4.04. The maximum Gasteiger partial charge on any atom is 0.129 e. The lowest BCUT2D eigenvalue weighted by atomic mass is 9.99. The van der Waals surface area contributed by atoms with Crippen LogP contribution in [0.2, 0.25) is 10.2 Å². The van der Waals surface area contributed by atoms with Crippen molar-refractivity contribution >= 4 is 23.2 Å². The van der Waals surface area contributed by atoms with Gasteiger partial charge in [0.25, 0.3) is 0 Å². The summed E-state index contributed by atoms with van der Waals surface area (Å²) in [6.45, 7) is 2.59. The van der Waals surface area contributed by atoms with Crippen LogP contribution in [-0.2, 0) is 6.54 Å². The minimum absolute atomic E-state index is 0.502. The highest BCUT2D eigenvalue weighted by atomic mass is 35.5. The van der Waals surface area contributed by atoms with Crippen molar-refractivity contribution in [3.63, 3.8) is 0 Å². The molecule has 1 unspecified atom stereocenters. The van der Waals surface area contributed by atoms with Crippen molar-refractivity contribution in [2.75, 3.05) is 13.1 Å². The molecular weight excluding hydrogens is 269 g/mol. The van der Waals surface area contributed by atoms with Gasteiger partial charge in [-0.05, 0) is 44.5 Å². The van der Waals surface area contributed by atoms with E-state index in [1.54, 1.807) is 6.07 Å². The minimum Gasteiger partial charge on any atom is -0.330 e. The Morgan fingerprint density at radius 3 is 2.94 bits per heavy atom. The summed E-state index contributed by atoms with van der Waals surface area (Å²) in [5.74, 6) is 0. The quantitative estimate of drug-likeness (QED) is 0.866. The van der Waals surface area contributed by atoms with E-state index in [9.17, 15) is 0 Å². The maximum atomic E-state index is 6.17. The summed E-state index contributed by atoms with van der Waals surface area (Å²) in [6, 6.07) is 4.09. The number of hydrogen-bond acceptors (Lipinski definition) is 3. The molecule has 5 heteroatoms. The van der Waals surface area contributed by atoms with E-state index in [0.29, 0.717) is 16.2 Å². The standard InChI is InChI=1S/C13H19Cl2N3/c14-11-4-5-13(15)17-12(11)9-18-8-2-1-3-10(18)6-7-16/h4-5,10H,1-3,6-9,16H2. The first kappa shape index (κ1) is 14.1. The number of aromatic nitrogens is 1. The number of rotatable bonds is 4. The summed E-state index contributed by atoms with van der Waals surface area (Å²) in [5.41, 5.74) is 6.55. The van der Waals surface area contributed by atoms with Crippen molar-refractivity contribution < 1.29 is 0 Å². The van der Waals surface area contributed by atoms with Gasteiger partial charge in [0.1, 0.15) is 5.15 Å². The van der Waals surface area contributed by atoms with E-state index in [2.05, 4.69) is 9.88 Å². The van der Waals surface area contributed by atoms with Crippen molar-refractivity contribution in [1.29, 1.82) is 0 Å². The highest BCUT2D eigenvalue weighted by Gasteiger charge is 2.22. The molecule has 0 aromatic carbocycles. The summed E-state index contributed by atoms with van der Waals surface area (Å²) in [4.78, 5) is 6.75. The summed E-state index contributed by atoms with van der Waals surface area (Å²) in [6.07, 6.45) is 4.78. The van der Waals surface area contributed by atoms with Crippen LogP contribution in [-0.4, -0.2) is 29.0 Å². The van der Waals surface area contributed by atoms with Crippen LogP contribution in [0.1, 0.15) is 31.4 Å². The molecule has 0 aliphatic carbocycles. The van der Waals surface area contributed by atoms with Gasteiger partial charge >= 0.3 is 0 Å². The fourth-order valence-electron chi connectivity index (χ4n) is 2.55. The molecule has 1 aromatic rings. The van der Waals surface area contributed by atoms with Crippen molar-refractivity contribution in [3.8, 4) is 0 Å². The SMILES string of the molecule is NCCC1CCCCN1Cc1nc(Cl)ccc1Cl. The average molecular weight is 288 g/mol. The Kier molecular flexibility index (Phi) is 5.25. The molecule has 0 saturated carbocycles. The molecule has 1 aliphatic rings. The lowest BCUT2D eigenvalue weighted by Gasteiger charge is -2.35. The predicted octanol–water partition coefficient (Wildman–Crippen LogP) is 3.09. The molecule has 0 radical (unpaired) electrons. The Balaban J connectivity index is 2.08. The molecule has 0 spiro atoms. The molecule has 0 bridgehead atoms. The molecule has 2 rings (SSSR count). The van der Waals surface area contributed by atoms with Crippen LogP contribution in [0.25, 0.3) is 0 Å². The van der Waals surface area contributed by atoms with Crippen molar-refractivity contribution in [2.24, 2.45) is 5.73 Å². The van der Waals surface area contributed by atoms with Gasteiger partial charge in [-0.25, -0.2) is 4.98 Å². The number of nitrogens with two attached hydrogens (primary N) is 1. The fourth-order valence-corrected chi connectivity index (χ4v) is 2.88. The molecular formula is C13H19Cl2N3. The monoisotopic (exact) mass is 287 g/mol.